The fourth-order valence-electron chi connectivity index (χ4n) is 2.59. The Labute approximate surface area is 178 Å². The van der Waals surface area contributed by atoms with Crippen LogP contribution in [0.4, 0.5) is 4.79 Å². The Hall–Kier alpha value is -2.61. The highest BCUT2D eigenvalue weighted by molar-refractivity contribution is 5.87. The maximum absolute atomic E-state index is 12.6. The molecule has 168 valence electrons. The molecule has 0 aliphatic heterocycles. The van der Waals surface area contributed by atoms with Crippen molar-refractivity contribution in [1.82, 2.24) is 16.0 Å². The number of hydrogen-bond acceptors (Lipinski definition) is 5. The monoisotopic (exact) mass is 421 g/mol. The van der Waals surface area contributed by atoms with Crippen molar-refractivity contribution in [2.75, 3.05) is 0 Å². The van der Waals surface area contributed by atoms with Crippen molar-refractivity contribution >= 4 is 17.9 Å². The van der Waals surface area contributed by atoms with Gasteiger partial charge in [0.05, 0.1) is 6.04 Å². The van der Waals surface area contributed by atoms with Crippen LogP contribution in [0.3, 0.4) is 0 Å². The first-order valence-corrected chi connectivity index (χ1v) is 10.0. The first-order chi connectivity index (χ1) is 13.7. The average Bonchev–Trinajstić information content (AvgIpc) is 2.58. The van der Waals surface area contributed by atoms with Gasteiger partial charge in [-0.2, -0.15) is 0 Å². The third kappa shape index (κ3) is 9.73. The largest absolute Gasteiger partial charge is 0.444 e. The van der Waals surface area contributed by atoms with Gasteiger partial charge in [0.25, 0.3) is 5.91 Å². The SMILES string of the molecule is C[C@H](NC(=O)OC(C)(C)C)C(=O)NC(Cc1ccccc1)C(O)C(=O)NC(C)(C)C. The first-order valence-electron chi connectivity index (χ1n) is 10.0. The van der Waals surface area contributed by atoms with E-state index in [1.54, 1.807) is 41.5 Å². The van der Waals surface area contributed by atoms with E-state index < -0.39 is 47.2 Å². The van der Waals surface area contributed by atoms with Crippen LogP contribution in [0, 0.1) is 0 Å². The maximum atomic E-state index is 12.6. The van der Waals surface area contributed by atoms with E-state index in [-0.39, 0.29) is 6.42 Å². The van der Waals surface area contributed by atoms with Crippen molar-refractivity contribution in [3.8, 4) is 0 Å². The highest BCUT2D eigenvalue weighted by Gasteiger charge is 2.31. The van der Waals surface area contributed by atoms with Crippen LogP contribution in [-0.4, -0.2) is 52.3 Å². The van der Waals surface area contributed by atoms with E-state index in [2.05, 4.69) is 16.0 Å². The lowest BCUT2D eigenvalue weighted by Crippen LogP contribution is -2.57. The zero-order valence-corrected chi connectivity index (χ0v) is 18.9. The lowest BCUT2D eigenvalue weighted by molar-refractivity contribution is -0.133. The van der Waals surface area contributed by atoms with E-state index in [1.807, 2.05) is 30.3 Å². The molecular formula is C22H35N3O5. The topological polar surface area (TPSA) is 117 Å². The second kappa shape index (κ2) is 10.4. The van der Waals surface area contributed by atoms with Gasteiger partial charge in [0.15, 0.2) is 6.10 Å². The second-order valence-electron chi connectivity index (χ2n) is 9.36. The predicted octanol–water partition coefficient (Wildman–Crippen LogP) is 1.90. The maximum Gasteiger partial charge on any atom is 0.408 e. The fraction of sp³-hybridized carbons (Fsp3) is 0.591. The Morgan fingerprint density at radius 2 is 1.53 bits per heavy atom. The Bertz CT molecular complexity index is 723. The van der Waals surface area contributed by atoms with E-state index in [1.165, 1.54) is 6.92 Å². The summed E-state index contributed by atoms with van der Waals surface area (Å²) >= 11 is 0. The van der Waals surface area contributed by atoms with Crippen molar-refractivity contribution in [2.45, 2.75) is 84.2 Å². The molecule has 4 N–H and O–H groups in total. The van der Waals surface area contributed by atoms with Crippen molar-refractivity contribution in [2.24, 2.45) is 0 Å². The summed E-state index contributed by atoms with van der Waals surface area (Å²) in [6.07, 6.45) is -1.96. The highest BCUT2D eigenvalue weighted by Crippen LogP contribution is 2.10. The van der Waals surface area contributed by atoms with Crippen LogP contribution < -0.4 is 16.0 Å². The molecule has 0 saturated carbocycles. The minimum absolute atomic E-state index is 0.241. The van der Waals surface area contributed by atoms with E-state index >= 15 is 0 Å². The molecule has 0 aliphatic rings. The average molecular weight is 422 g/mol. The Morgan fingerprint density at radius 3 is 2.03 bits per heavy atom. The summed E-state index contributed by atoms with van der Waals surface area (Å²) in [5, 5.41) is 18.5. The zero-order chi connectivity index (χ0) is 23.1. The summed E-state index contributed by atoms with van der Waals surface area (Å²) in [5.41, 5.74) is -0.388. The zero-order valence-electron chi connectivity index (χ0n) is 18.9. The molecule has 2 unspecified atom stereocenters. The van der Waals surface area contributed by atoms with Crippen LogP contribution in [-0.2, 0) is 20.7 Å². The lowest BCUT2D eigenvalue weighted by Gasteiger charge is -2.29. The number of benzene rings is 1. The van der Waals surface area contributed by atoms with Crippen LogP contribution in [0.1, 0.15) is 54.0 Å². The number of ether oxygens (including phenoxy) is 1. The van der Waals surface area contributed by atoms with Gasteiger partial charge in [0.1, 0.15) is 11.6 Å². The van der Waals surface area contributed by atoms with Gasteiger partial charge < -0.3 is 25.8 Å². The highest BCUT2D eigenvalue weighted by atomic mass is 16.6. The quantitative estimate of drug-likeness (QED) is 0.537. The molecule has 3 atom stereocenters. The summed E-state index contributed by atoms with van der Waals surface area (Å²) < 4.78 is 5.16. The fourth-order valence-corrected chi connectivity index (χ4v) is 2.59. The van der Waals surface area contributed by atoms with Crippen LogP contribution >= 0.6 is 0 Å². The third-order valence-corrected chi connectivity index (χ3v) is 3.90. The molecule has 3 amide bonds. The molecule has 8 nitrogen and oxygen atoms in total. The molecule has 0 radical (unpaired) electrons. The summed E-state index contributed by atoms with van der Waals surface area (Å²) in [5.74, 6) is -1.12. The molecule has 0 heterocycles. The van der Waals surface area contributed by atoms with Crippen molar-refractivity contribution < 1.29 is 24.2 Å². The van der Waals surface area contributed by atoms with Crippen molar-refractivity contribution in [3.63, 3.8) is 0 Å². The van der Waals surface area contributed by atoms with E-state index in [9.17, 15) is 19.5 Å². The van der Waals surface area contributed by atoms with Gasteiger partial charge in [-0.25, -0.2) is 4.79 Å². The molecule has 8 heteroatoms. The Balaban J connectivity index is 2.89. The van der Waals surface area contributed by atoms with Gasteiger partial charge in [0.2, 0.25) is 5.91 Å². The number of aliphatic hydroxyl groups excluding tert-OH is 1. The number of carbonyl (C=O) groups excluding carboxylic acids is 3. The van der Waals surface area contributed by atoms with Crippen LogP contribution in [0.2, 0.25) is 0 Å². The van der Waals surface area contributed by atoms with Crippen LogP contribution in [0.5, 0.6) is 0 Å². The number of alkyl carbamates (subject to hydrolysis) is 1. The van der Waals surface area contributed by atoms with E-state index in [0.717, 1.165) is 5.56 Å². The van der Waals surface area contributed by atoms with Gasteiger partial charge >= 0.3 is 6.09 Å². The number of amides is 3. The standard InChI is InChI=1S/C22H35N3O5/c1-14(23-20(29)30-22(5,6)7)18(27)24-16(13-15-11-9-8-10-12-15)17(26)19(28)25-21(2,3)4/h8-12,14,16-17,26H,13H2,1-7H3,(H,23,29)(H,24,27)(H,25,28)/t14-,16?,17?/m0/s1. The van der Waals surface area contributed by atoms with Crippen LogP contribution in [0.15, 0.2) is 30.3 Å². The molecule has 0 bridgehead atoms. The van der Waals surface area contributed by atoms with Crippen molar-refractivity contribution in [3.05, 3.63) is 35.9 Å². The summed E-state index contributed by atoms with van der Waals surface area (Å²) in [6.45, 7) is 12.1. The number of hydrogen-bond donors (Lipinski definition) is 4. The lowest BCUT2D eigenvalue weighted by atomic mass is 9.99. The molecule has 0 aliphatic carbocycles. The molecule has 1 aromatic rings. The summed E-state index contributed by atoms with van der Waals surface area (Å²) in [7, 11) is 0. The number of carbonyl (C=O) groups is 3. The van der Waals surface area contributed by atoms with Gasteiger partial charge in [-0.05, 0) is 60.5 Å². The molecule has 1 aromatic carbocycles. The van der Waals surface area contributed by atoms with E-state index in [4.69, 9.17) is 4.74 Å². The molecular weight excluding hydrogens is 386 g/mol. The normalized spacial score (nSPS) is 14.8. The third-order valence-electron chi connectivity index (χ3n) is 3.90. The molecule has 0 fully saturated rings. The molecule has 0 spiro atoms. The smallest absolute Gasteiger partial charge is 0.408 e. The molecule has 30 heavy (non-hydrogen) atoms. The minimum Gasteiger partial charge on any atom is -0.444 e. The molecule has 1 rings (SSSR count). The summed E-state index contributed by atoms with van der Waals surface area (Å²) in [4.78, 5) is 37.0. The Morgan fingerprint density at radius 1 is 0.967 bits per heavy atom. The van der Waals surface area contributed by atoms with Gasteiger partial charge in [0, 0.05) is 5.54 Å². The number of rotatable bonds is 7. The van der Waals surface area contributed by atoms with Gasteiger partial charge in [-0.3, -0.25) is 9.59 Å². The van der Waals surface area contributed by atoms with Crippen LogP contribution in [0.25, 0.3) is 0 Å². The van der Waals surface area contributed by atoms with E-state index in [0.29, 0.717) is 0 Å². The number of nitrogens with one attached hydrogen (secondary N) is 3. The predicted molar refractivity (Wildman–Crippen MR) is 115 cm³/mol. The number of aliphatic hydroxyl groups is 1. The minimum atomic E-state index is -1.47. The molecule has 0 saturated heterocycles. The van der Waals surface area contributed by atoms with Gasteiger partial charge in [-0.15, -0.1) is 0 Å². The molecule has 0 aromatic heterocycles. The second-order valence-corrected chi connectivity index (χ2v) is 9.36. The summed E-state index contributed by atoms with van der Waals surface area (Å²) in [6, 6.07) is 7.41. The Kier molecular flexibility index (Phi) is 8.84. The first kappa shape index (κ1) is 25.4. The van der Waals surface area contributed by atoms with Crippen molar-refractivity contribution in [1.29, 1.82) is 0 Å². The van der Waals surface area contributed by atoms with Gasteiger partial charge in [-0.1, -0.05) is 30.3 Å².